The molecule has 0 bridgehead atoms. The third-order valence-electron chi connectivity index (χ3n) is 8.60. The second-order valence-corrected chi connectivity index (χ2v) is 12.1. The molecule has 2 fully saturated rings. The van der Waals surface area contributed by atoms with Crippen molar-refractivity contribution in [3.8, 4) is 28.8 Å². The molecule has 0 unspecified atom stereocenters. The van der Waals surface area contributed by atoms with E-state index >= 15 is 0 Å². The minimum atomic E-state index is -2.51. The summed E-state index contributed by atoms with van der Waals surface area (Å²) in [7, 11) is 0. The number of anilines is 2. The third-order valence-corrected chi connectivity index (χ3v) is 8.60. The molecule has 3 N–H and O–H groups in total. The Morgan fingerprint density at radius 1 is 1.14 bits per heavy atom. The number of nitriles is 1. The molecular formula is C33H43F2N11O4. The minimum Gasteiger partial charge on any atom is -0.487 e. The highest BCUT2D eigenvalue weighted by Gasteiger charge is 2.29. The second kappa shape index (κ2) is 18.3. The lowest BCUT2D eigenvalue weighted by Gasteiger charge is -2.38. The van der Waals surface area contributed by atoms with Crippen LogP contribution in [0.25, 0.3) is 11.1 Å². The smallest absolute Gasteiger partial charge is 0.261 e. The summed E-state index contributed by atoms with van der Waals surface area (Å²) in [5.74, 6) is 1.03. The third kappa shape index (κ3) is 10.1. The van der Waals surface area contributed by atoms with Crippen LogP contribution in [0.1, 0.15) is 50.6 Å². The van der Waals surface area contributed by atoms with Gasteiger partial charge in [0.1, 0.15) is 36.6 Å². The van der Waals surface area contributed by atoms with Crippen LogP contribution in [0.15, 0.2) is 42.0 Å². The van der Waals surface area contributed by atoms with Crippen LogP contribution in [-0.4, -0.2) is 107 Å². The fraction of sp³-hybridized carbons (Fsp3) is 0.545. The largest absolute Gasteiger partial charge is 0.487 e. The van der Waals surface area contributed by atoms with Crippen LogP contribution in [0.2, 0.25) is 0 Å². The molecule has 0 spiro atoms. The van der Waals surface area contributed by atoms with Crippen molar-refractivity contribution in [2.75, 3.05) is 58.0 Å². The van der Waals surface area contributed by atoms with Gasteiger partial charge in [0.05, 0.1) is 50.8 Å². The molecule has 3 heterocycles. The summed E-state index contributed by atoms with van der Waals surface area (Å²) in [6.07, 6.45) is 7.67. The standard InChI is InChI=1S/C33H43F2N11O4/c1-23(19-45(22-37)43-38)50-30-15-24(3-4-25(30)16-36)26-17-39-33(40-18-26)41-29-20-46(42-32(29)49-12-2-11-48-21-31(34)35)28-7-5-27(6-8-28)44-9-13-47-14-10-44/h3-4,15,17-18,20,22-23,27-28,31,37-38H,2,5-14,19,21H2,1H3,(H,39,40,41)/t23-,27-,28-/m0/s1. The van der Waals surface area contributed by atoms with Gasteiger partial charge in [0.15, 0.2) is 0 Å². The zero-order valence-electron chi connectivity index (χ0n) is 28.0. The topological polar surface area (TPSA) is 183 Å². The first-order valence-electron chi connectivity index (χ1n) is 16.7. The molecule has 1 saturated carbocycles. The fourth-order valence-electron chi connectivity index (χ4n) is 6.08. The van der Waals surface area contributed by atoms with E-state index in [2.05, 4.69) is 31.5 Å². The Balaban J connectivity index is 1.26. The summed E-state index contributed by atoms with van der Waals surface area (Å²) >= 11 is 0. The Hall–Kier alpha value is -4.79. The fourth-order valence-corrected chi connectivity index (χ4v) is 6.08. The maximum Gasteiger partial charge on any atom is 0.261 e. The molecule has 0 amide bonds. The average Bonchev–Trinajstić information content (AvgIpc) is 3.54. The molecule has 1 aliphatic carbocycles. The zero-order chi connectivity index (χ0) is 35.3. The lowest BCUT2D eigenvalue weighted by Crippen LogP contribution is -2.45. The summed E-state index contributed by atoms with van der Waals surface area (Å²) in [6, 6.07) is 8.02. The molecule has 1 aliphatic heterocycles. The van der Waals surface area contributed by atoms with Gasteiger partial charge >= 0.3 is 0 Å². The van der Waals surface area contributed by atoms with Gasteiger partial charge in [0.25, 0.3) is 12.3 Å². The van der Waals surface area contributed by atoms with Gasteiger partial charge in [0, 0.05) is 43.5 Å². The van der Waals surface area contributed by atoms with Gasteiger partial charge in [-0.1, -0.05) is 11.3 Å². The molecule has 50 heavy (non-hydrogen) atoms. The maximum atomic E-state index is 12.4. The Labute approximate surface area is 289 Å². The molecule has 2 aliphatic rings. The van der Waals surface area contributed by atoms with Crippen molar-refractivity contribution in [1.82, 2.24) is 29.7 Å². The van der Waals surface area contributed by atoms with E-state index in [-0.39, 0.29) is 25.8 Å². The maximum absolute atomic E-state index is 12.4. The minimum absolute atomic E-state index is 0.147. The number of rotatable bonds is 18. The van der Waals surface area contributed by atoms with Gasteiger partial charge in [-0.2, -0.15) is 10.8 Å². The van der Waals surface area contributed by atoms with Crippen molar-refractivity contribution in [2.45, 2.75) is 63.6 Å². The van der Waals surface area contributed by atoms with E-state index in [0.717, 1.165) is 68.9 Å². The van der Waals surface area contributed by atoms with Crippen molar-refractivity contribution in [3.05, 3.63) is 42.4 Å². The Kier molecular flexibility index (Phi) is 13.3. The lowest BCUT2D eigenvalue weighted by atomic mass is 9.90. The zero-order valence-corrected chi connectivity index (χ0v) is 28.0. The van der Waals surface area contributed by atoms with Gasteiger partial charge in [-0.3, -0.25) is 15.0 Å². The van der Waals surface area contributed by atoms with Gasteiger partial charge in [-0.05, 0) is 50.3 Å². The lowest BCUT2D eigenvalue weighted by molar-refractivity contribution is 0.00501. The highest BCUT2D eigenvalue weighted by atomic mass is 19.3. The van der Waals surface area contributed by atoms with Gasteiger partial charge < -0.3 is 24.3 Å². The number of ether oxygens (including phenoxy) is 4. The molecular weight excluding hydrogens is 652 g/mol. The quantitative estimate of drug-likeness (QED) is 0.0506. The molecule has 1 aromatic carbocycles. The number of aromatic nitrogens is 4. The van der Waals surface area contributed by atoms with Gasteiger partial charge in [-0.15, -0.1) is 5.10 Å². The van der Waals surface area contributed by atoms with Crippen molar-refractivity contribution in [3.63, 3.8) is 0 Å². The van der Waals surface area contributed by atoms with Gasteiger partial charge in [0.2, 0.25) is 5.95 Å². The van der Waals surface area contributed by atoms with Crippen LogP contribution >= 0.6 is 0 Å². The molecule has 1 atom stereocenters. The van der Waals surface area contributed by atoms with Crippen LogP contribution < -0.4 is 14.8 Å². The van der Waals surface area contributed by atoms with E-state index in [0.29, 0.717) is 46.9 Å². The van der Waals surface area contributed by atoms with Crippen LogP contribution in [-0.2, 0) is 9.47 Å². The normalized spacial score (nSPS) is 18.6. The molecule has 15 nitrogen and oxygen atoms in total. The number of morpholine rings is 1. The highest BCUT2D eigenvalue weighted by Crippen LogP contribution is 2.35. The number of nitrogens with one attached hydrogen (secondary N) is 3. The number of alkyl halides is 2. The van der Waals surface area contributed by atoms with E-state index in [1.807, 2.05) is 10.9 Å². The van der Waals surface area contributed by atoms with Crippen LogP contribution in [0.5, 0.6) is 11.6 Å². The molecule has 0 radical (unpaired) electrons. The van der Waals surface area contributed by atoms with E-state index < -0.39 is 19.1 Å². The number of hydrogen-bond donors (Lipinski definition) is 3. The Morgan fingerprint density at radius 3 is 2.56 bits per heavy atom. The SMILES string of the molecule is C[C@@H](CN(C=N)N=N)Oc1cc(-c2cnc(Nc3cn([C@H]4CC[C@H](N5CCOCC5)CC4)nc3OCCCOCC(F)F)nc2)ccc1C#N. The van der Waals surface area contributed by atoms with Crippen molar-refractivity contribution in [1.29, 1.82) is 16.2 Å². The molecule has 1 saturated heterocycles. The average molecular weight is 696 g/mol. The Morgan fingerprint density at radius 2 is 1.88 bits per heavy atom. The number of benzene rings is 1. The van der Waals surface area contributed by atoms with Crippen molar-refractivity contribution in [2.24, 2.45) is 5.22 Å². The van der Waals surface area contributed by atoms with Crippen molar-refractivity contribution >= 4 is 18.0 Å². The summed E-state index contributed by atoms with van der Waals surface area (Å²) in [5.41, 5.74) is 9.48. The first-order valence-corrected chi connectivity index (χ1v) is 16.7. The molecule has 17 heteroatoms. The summed E-state index contributed by atoms with van der Waals surface area (Å²) in [4.78, 5) is 11.6. The van der Waals surface area contributed by atoms with Crippen molar-refractivity contribution < 1.29 is 27.7 Å². The first-order chi connectivity index (χ1) is 24.4. The molecule has 3 aromatic rings. The second-order valence-electron chi connectivity index (χ2n) is 12.1. The number of halogens is 2. The highest BCUT2D eigenvalue weighted by molar-refractivity contribution is 5.67. The van der Waals surface area contributed by atoms with E-state index in [4.69, 9.17) is 35.0 Å². The summed E-state index contributed by atoms with van der Waals surface area (Å²) < 4.78 is 49.2. The van der Waals surface area contributed by atoms with E-state index in [1.54, 1.807) is 37.5 Å². The molecule has 268 valence electrons. The number of nitrogens with zero attached hydrogens (tertiary/aromatic N) is 8. The Bertz CT molecular complexity index is 1560. The molecule has 5 rings (SSSR count). The monoisotopic (exact) mass is 695 g/mol. The predicted molar refractivity (Wildman–Crippen MR) is 179 cm³/mol. The van der Waals surface area contributed by atoms with E-state index in [9.17, 15) is 14.0 Å². The predicted octanol–water partition coefficient (Wildman–Crippen LogP) is 5.44. The first kappa shape index (κ1) is 36.5. The van der Waals surface area contributed by atoms with Crippen LogP contribution in [0.4, 0.5) is 20.4 Å². The van der Waals surface area contributed by atoms with Crippen LogP contribution in [0.3, 0.4) is 0 Å². The molecule has 2 aromatic heterocycles. The summed E-state index contributed by atoms with van der Waals surface area (Å²) in [6.45, 7) is 5.20. The van der Waals surface area contributed by atoms with E-state index in [1.165, 1.54) is 0 Å². The summed E-state index contributed by atoms with van der Waals surface area (Å²) in [5, 5.41) is 29.3. The number of hydrogen-bond acceptors (Lipinski definition) is 13. The van der Waals surface area contributed by atoms with Crippen LogP contribution in [0, 0.1) is 22.3 Å². The van der Waals surface area contributed by atoms with Gasteiger partial charge in [-0.25, -0.2) is 23.8 Å².